The van der Waals surface area contributed by atoms with Gasteiger partial charge in [-0.15, -0.1) is 0 Å². The van der Waals surface area contributed by atoms with E-state index in [0.29, 0.717) is 47.2 Å². The van der Waals surface area contributed by atoms with E-state index in [4.69, 9.17) is 26.2 Å². The molecule has 1 unspecified atom stereocenters. The van der Waals surface area contributed by atoms with E-state index < -0.39 is 5.97 Å². The van der Waals surface area contributed by atoms with Crippen LogP contribution in [-0.2, 0) is 24.6 Å². The highest BCUT2D eigenvalue weighted by Gasteiger charge is 2.29. The topological polar surface area (TPSA) is 101 Å². The van der Waals surface area contributed by atoms with E-state index in [2.05, 4.69) is 17.2 Å². The zero-order chi connectivity index (χ0) is 33.1. The summed E-state index contributed by atoms with van der Waals surface area (Å²) in [5.41, 5.74) is 5.26. The maximum absolute atomic E-state index is 13.7. The number of ether oxygens (including phenoxy) is 2. The third kappa shape index (κ3) is 6.75. The van der Waals surface area contributed by atoms with Crippen LogP contribution in [0.3, 0.4) is 0 Å². The first-order chi connectivity index (χ1) is 22.8. The molecule has 0 spiro atoms. The largest absolute Gasteiger partial charge is 0.493 e. The van der Waals surface area contributed by atoms with Gasteiger partial charge in [-0.2, -0.15) is 5.10 Å². The molecule has 6 rings (SSSR count). The quantitative estimate of drug-likeness (QED) is 0.110. The van der Waals surface area contributed by atoms with Crippen LogP contribution in [0.4, 0.5) is 4.39 Å². The van der Waals surface area contributed by atoms with Crippen molar-refractivity contribution in [1.82, 2.24) is 20.1 Å². The van der Waals surface area contributed by atoms with Gasteiger partial charge in [0, 0.05) is 47.9 Å². The predicted octanol–water partition coefficient (Wildman–Crippen LogP) is 8.25. The number of aromatic carboxylic acids is 1. The number of carboxylic acid groups (broad SMARTS) is 1. The van der Waals surface area contributed by atoms with Gasteiger partial charge in [-0.3, -0.25) is 4.68 Å². The Morgan fingerprint density at radius 2 is 1.98 bits per heavy atom. The van der Waals surface area contributed by atoms with Gasteiger partial charge >= 0.3 is 5.97 Å². The first-order valence-electron chi connectivity index (χ1n) is 16.5. The van der Waals surface area contributed by atoms with E-state index in [9.17, 15) is 14.3 Å². The number of fused-ring (bicyclic) bond motifs is 2. The van der Waals surface area contributed by atoms with E-state index in [1.165, 1.54) is 12.1 Å². The van der Waals surface area contributed by atoms with Gasteiger partial charge in [-0.25, -0.2) is 9.18 Å². The van der Waals surface area contributed by atoms with Crippen LogP contribution in [0.25, 0.3) is 32.8 Å². The second-order valence-corrected chi connectivity index (χ2v) is 12.8. The number of hydrogen-bond donors (Lipinski definition) is 3. The minimum atomic E-state index is -1.03. The molecule has 0 aliphatic carbocycles. The highest BCUT2D eigenvalue weighted by atomic mass is 35.5. The second kappa shape index (κ2) is 14.5. The van der Waals surface area contributed by atoms with Gasteiger partial charge in [0.1, 0.15) is 17.3 Å². The van der Waals surface area contributed by atoms with Crippen LogP contribution in [-0.4, -0.2) is 52.7 Å². The van der Waals surface area contributed by atoms with Crippen molar-refractivity contribution in [3.05, 3.63) is 82.0 Å². The Kier molecular flexibility index (Phi) is 10.2. The number of aromatic nitrogens is 3. The number of rotatable bonds is 13. The van der Waals surface area contributed by atoms with E-state index in [1.807, 2.05) is 49.1 Å². The van der Waals surface area contributed by atoms with Crippen molar-refractivity contribution in [3.63, 3.8) is 0 Å². The van der Waals surface area contributed by atoms with Gasteiger partial charge in [0.15, 0.2) is 0 Å². The van der Waals surface area contributed by atoms with Gasteiger partial charge in [-0.05, 0) is 99.2 Å². The van der Waals surface area contributed by atoms with E-state index in [1.54, 1.807) is 6.07 Å². The third-order valence-electron chi connectivity index (χ3n) is 9.54. The van der Waals surface area contributed by atoms with Crippen LogP contribution in [0, 0.1) is 11.7 Å². The fourth-order valence-electron chi connectivity index (χ4n) is 7.12. The maximum Gasteiger partial charge on any atom is 0.352 e. The van der Waals surface area contributed by atoms with Crippen LogP contribution in [0.2, 0.25) is 5.02 Å². The lowest BCUT2D eigenvalue weighted by molar-refractivity contribution is 0.0624. The molecule has 0 saturated carbocycles. The molecule has 1 aliphatic heterocycles. The van der Waals surface area contributed by atoms with Crippen LogP contribution in [0.1, 0.15) is 72.5 Å². The second-order valence-electron chi connectivity index (χ2n) is 12.4. The Bertz CT molecular complexity index is 1890. The molecule has 3 heterocycles. The number of benzene rings is 3. The predicted molar refractivity (Wildman–Crippen MR) is 184 cm³/mol. The Balaban J connectivity index is 1.32. The number of halogens is 2. The van der Waals surface area contributed by atoms with Gasteiger partial charge < -0.3 is 24.9 Å². The number of nitrogens with zero attached hydrogens (tertiary/aromatic N) is 2. The lowest BCUT2D eigenvalue weighted by Crippen LogP contribution is -2.21. The summed E-state index contributed by atoms with van der Waals surface area (Å²) in [7, 11) is 3.93. The lowest BCUT2D eigenvalue weighted by Gasteiger charge is -2.24. The molecule has 3 N–H and O–H groups in total. The number of carboxylic acids is 1. The number of H-pyrrole nitrogens is 1. The van der Waals surface area contributed by atoms with Crippen molar-refractivity contribution < 1.29 is 23.8 Å². The van der Waals surface area contributed by atoms with E-state index >= 15 is 0 Å². The molecule has 2 aromatic heterocycles. The molecule has 1 atom stereocenters. The molecule has 0 amide bonds. The number of hydrogen-bond acceptors (Lipinski definition) is 5. The molecule has 1 saturated heterocycles. The molecular weight excluding hydrogens is 619 g/mol. The molecule has 8 nitrogen and oxygen atoms in total. The van der Waals surface area contributed by atoms with Crippen molar-refractivity contribution in [2.24, 2.45) is 13.0 Å². The highest BCUT2D eigenvalue weighted by Crippen LogP contribution is 2.43. The smallest absolute Gasteiger partial charge is 0.352 e. The third-order valence-corrected chi connectivity index (χ3v) is 9.85. The molecule has 248 valence electrons. The van der Waals surface area contributed by atoms with Gasteiger partial charge in [0.05, 0.1) is 28.9 Å². The SMILES string of the molecule is CCc1c(-c2c(Cl)ccc3c(CCCOc4cccc5cc(F)ccc45)c(C(=O)O)[nH]c23)c(C(CCC2CCOCC2)NC)nn1C. The summed E-state index contributed by atoms with van der Waals surface area (Å²) in [5.74, 6) is -0.0280. The average molecular weight is 661 g/mol. The number of nitrogens with one attached hydrogen (secondary N) is 2. The molecule has 0 bridgehead atoms. The minimum Gasteiger partial charge on any atom is -0.493 e. The Labute approximate surface area is 279 Å². The summed E-state index contributed by atoms with van der Waals surface area (Å²) in [6.07, 6.45) is 5.93. The molecular formula is C37H42ClFN4O4. The number of carbonyl (C=O) groups is 1. The average Bonchev–Trinajstić information content (AvgIpc) is 3.60. The van der Waals surface area contributed by atoms with Gasteiger partial charge in [-0.1, -0.05) is 36.7 Å². The lowest BCUT2D eigenvalue weighted by atomic mass is 9.89. The van der Waals surface area contributed by atoms with Crippen LogP contribution >= 0.6 is 11.6 Å². The molecule has 5 aromatic rings. The van der Waals surface area contributed by atoms with Crippen LogP contribution < -0.4 is 10.1 Å². The summed E-state index contributed by atoms with van der Waals surface area (Å²) >= 11 is 7.01. The standard InChI is InChI=1S/C37H42ClFN4O4/c1-4-30-33(36(42-43(30)3)29(40-2)15-10-22-16-19-46-20-17-22)32-28(38)14-13-27-26(35(37(44)45)41-34(27)32)8-6-18-47-31-9-5-7-23-21-24(39)11-12-25(23)31/h5,7,9,11-14,21-22,29,40-41H,4,6,8,10,15-20H2,1-3H3,(H,44,45). The Morgan fingerprint density at radius 3 is 2.72 bits per heavy atom. The molecule has 3 aromatic carbocycles. The summed E-state index contributed by atoms with van der Waals surface area (Å²) in [6.45, 7) is 4.11. The van der Waals surface area contributed by atoms with Crippen molar-refractivity contribution >= 4 is 39.2 Å². The fourth-order valence-corrected chi connectivity index (χ4v) is 7.37. The zero-order valence-electron chi connectivity index (χ0n) is 27.2. The Hall–Kier alpha value is -3.92. The Morgan fingerprint density at radius 1 is 1.19 bits per heavy atom. The summed E-state index contributed by atoms with van der Waals surface area (Å²) < 4.78 is 27.4. The van der Waals surface area contributed by atoms with Crippen molar-refractivity contribution in [2.75, 3.05) is 26.9 Å². The normalized spacial score (nSPS) is 14.7. The highest BCUT2D eigenvalue weighted by molar-refractivity contribution is 6.35. The minimum absolute atomic E-state index is 0.00162. The van der Waals surface area contributed by atoms with E-state index in [-0.39, 0.29) is 17.6 Å². The van der Waals surface area contributed by atoms with Crippen LogP contribution in [0.5, 0.6) is 5.75 Å². The number of aryl methyl sites for hydroxylation is 2. The van der Waals surface area contributed by atoms with Crippen molar-refractivity contribution in [2.45, 2.75) is 57.9 Å². The number of aromatic amines is 1. The zero-order valence-corrected chi connectivity index (χ0v) is 27.9. The summed E-state index contributed by atoms with van der Waals surface area (Å²) in [4.78, 5) is 15.8. The molecule has 47 heavy (non-hydrogen) atoms. The molecule has 1 aliphatic rings. The van der Waals surface area contributed by atoms with Crippen molar-refractivity contribution in [3.8, 4) is 16.9 Å². The van der Waals surface area contributed by atoms with Gasteiger partial charge in [0.25, 0.3) is 0 Å². The fraction of sp³-hybridized carbons (Fsp3) is 0.405. The van der Waals surface area contributed by atoms with Crippen molar-refractivity contribution in [1.29, 1.82) is 0 Å². The maximum atomic E-state index is 13.7. The molecule has 1 fully saturated rings. The molecule has 0 radical (unpaired) electrons. The molecule has 10 heteroatoms. The summed E-state index contributed by atoms with van der Waals surface area (Å²) in [6, 6.07) is 13.9. The van der Waals surface area contributed by atoms with Crippen LogP contribution in [0.15, 0.2) is 48.5 Å². The summed E-state index contributed by atoms with van der Waals surface area (Å²) in [5, 5.41) is 21.8. The van der Waals surface area contributed by atoms with Gasteiger partial charge in [0.2, 0.25) is 0 Å². The first kappa shape index (κ1) is 33.0. The monoisotopic (exact) mass is 660 g/mol. The van der Waals surface area contributed by atoms with E-state index in [0.717, 1.165) is 84.0 Å². The first-order valence-corrected chi connectivity index (χ1v) is 16.9.